The molecule has 1 aliphatic rings. The lowest BCUT2D eigenvalue weighted by Crippen LogP contribution is -2.54. The summed E-state index contributed by atoms with van der Waals surface area (Å²) < 4.78 is 11.7. The van der Waals surface area contributed by atoms with Crippen LogP contribution in [0, 0.1) is 0 Å². The van der Waals surface area contributed by atoms with Gasteiger partial charge in [-0.2, -0.15) is 0 Å². The van der Waals surface area contributed by atoms with E-state index >= 15 is 0 Å². The number of nitrogens with zero attached hydrogens (tertiary/aromatic N) is 1. The minimum atomic E-state index is -0.822. The van der Waals surface area contributed by atoms with Gasteiger partial charge < -0.3 is 9.47 Å². The van der Waals surface area contributed by atoms with Crippen molar-refractivity contribution in [3.8, 4) is 11.5 Å². The molecule has 0 radical (unpaired) electrons. The van der Waals surface area contributed by atoms with Crippen molar-refractivity contribution in [1.82, 2.24) is 5.32 Å². The zero-order valence-corrected chi connectivity index (χ0v) is 21.9. The van der Waals surface area contributed by atoms with E-state index in [0.717, 1.165) is 27.7 Å². The Labute approximate surface area is 230 Å². The third-order valence-electron chi connectivity index (χ3n) is 6.23. The lowest BCUT2D eigenvalue weighted by atomic mass is 9.99. The molecule has 0 spiro atoms. The SMILES string of the molecule is CCCOc1ccc(N2C(=O)NC(=O)/C(=C/c3c(OCc4ccccc4Cl)ccc4ccccc34)C2=O)cc1. The number of hydrogen-bond donors (Lipinski definition) is 1. The van der Waals surface area contributed by atoms with Gasteiger partial charge in [-0.1, -0.05) is 67.1 Å². The Morgan fingerprint density at radius 2 is 1.62 bits per heavy atom. The van der Waals surface area contributed by atoms with Crippen LogP contribution in [0.5, 0.6) is 11.5 Å². The molecule has 0 bridgehead atoms. The molecule has 0 aliphatic carbocycles. The fraction of sp³-hybridized carbons (Fsp3) is 0.129. The Bertz CT molecular complexity index is 1600. The maximum absolute atomic E-state index is 13.6. The first-order valence-electron chi connectivity index (χ1n) is 12.5. The minimum absolute atomic E-state index is 0.186. The van der Waals surface area contributed by atoms with Crippen LogP contribution in [0.1, 0.15) is 24.5 Å². The molecule has 0 unspecified atom stereocenters. The molecule has 1 aliphatic heterocycles. The van der Waals surface area contributed by atoms with Crippen LogP contribution in [-0.4, -0.2) is 24.5 Å². The van der Waals surface area contributed by atoms with Crippen molar-refractivity contribution >= 4 is 52.0 Å². The Kier molecular flexibility index (Phi) is 7.61. The van der Waals surface area contributed by atoms with Gasteiger partial charge in [0.1, 0.15) is 23.7 Å². The van der Waals surface area contributed by atoms with Crippen molar-refractivity contribution < 1.29 is 23.9 Å². The monoisotopic (exact) mass is 540 g/mol. The number of ether oxygens (including phenoxy) is 2. The highest BCUT2D eigenvalue weighted by atomic mass is 35.5. The number of anilines is 1. The van der Waals surface area contributed by atoms with Crippen LogP contribution >= 0.6 is 11.6 Å². The molecular formula is C31H25ClN2O5. The largest absolute Gasteiger partial charge is 0.494 e. The fourth-order valence-corrected chi connectivity index (χ4v) is 4.46. The smallest absolute Gasteiger partial charge is 0.335 e. The van der Waals surface area contributed by atoms with E-state index in [1.165, 1.54) is 6.08 Å². The summed E-state index contributed by atoms with van der Waals surface area (Å²) in [4.78, 5) is 40.1. The molecule has 0 aromatic heterocycles. The quantitative estimate of drug-likeness (QED) is 0.203. The highest BCUT2D eigenvalue weighted by Crippen LogP contribution is 2.33. The molecule has 39 heavy (non-hydrogen) atoms. The van der Waals surface area contributed by atoms with Crippen molar-refractivity contribution in [1.29, 1.82) is 0 Å². The van der Waals surface area contributed by atoms with Gasteiger partial charge in [0.2, 0.25) is 0 Å². The molecule has 4 aromatic rings. The third kappa shape index (κ3) is 5.49. The maximum Gasteiger partial charge on any atom is 0.335 e. The molecule has 1 fully saturated rings. The first kappa shape index (κ1) is 26.0. The molecule has 8 heteroatoms. The highest BCUT2D eigenvalue weighted by molar-refractivity contribution is 6.39. The number of barbiturate groups is 1. The summed E-state index contributed by atoms with van der Waals surface area (Å²) >= 11 is 6.31. The van der Waals surface area contributed by atoms with Crippen molar-refractivity contribution in [2.45, 2.75) is 20.0 Å². The number of urea groups is 1. The Morgan fingerprint density at radius 1 is 0.872 bits per heavy atom. The Hall–Kier alpha value is -4.62. The predicted octanol–water partition coefficient (Wildman–Crippen LogP) is 6.53. The van der Waals surface area contributed by atoms with E-state index in [0.29, 0.717) is 34.4 Å². The van der Waals surface area contributed by atoms with Crippen LogP contribution in [0.3, 0.4) is 0 Å². The van der Waals surface area contributed by atoms with Crippen LogP contribution in [0.2, 0.25) is 5.02 Å². The number of carbonyl (C=O) groups excluding carboxylic acids is 3. The van der Waals surface area contributed by atoms with E-state index in [-0.39, 0.29) is 12.2 Å². The van der Waals surface area contributed by atoms with E-state index < -0.39 is 17.8 Å². The van der Waals surface area contributed by atoms with E-state index in [2.05, 4.69) is 5.32 Å². The molecular weight excluding hydrogens is 516 g/mol. The molecule has 7 nitrogen and oxygen atoms in total. The summed E-state index contributed by atoms with van der Waals surface area (Å²) in [6.45, 7) is 2.74. The highest BCUT2D eigenvalue weighted by Gasteiger charge is 2.37. The number of hydrogen-bond acceptors (Lipinski definition) is 5. The summed E-state index contributed by atoms with van der Waals surface area (Å²) in [7, 11) is 0. The van der Waals surface area contributed by atoms with E-state index in [9.17, 15) is 14.4 Å². The summed E-state index contributed by atoms with van der Waals surface area (Å²) in [6, 6.07) is 24.3. The average Bonchev–Trinajstić information content (AvgIpc) is 2.94. The predicted molar refractivity (Wildman–Crippen MR) is 151 cm³/mol. The number of rotatable bonds is 8. The van der Waals surface area contributed by atoms with Crippen LogP contribution in [0.15, 0.2) is 90.5 Å². The summed E-state index contributed by atoms with van der Waals surface area (Å²) in [5.41, 5.74) is 1.45. The number of imide groups is 2. The van der Waals surface area contributed by atoms with Crippen molar-refractivity contribution in [3.63, 3.8) is 0 Å². The number of carbonyl (C=O) groups is 3. The standard InChI is InChI=1S/C31H25ClN2O5/c1-2-17-38-23-14-12-22(13-15-23)34-30(36)26(29(35)33-31(34)37)18-25-24-9-5-3-7-20(24)11-16-28(25)39-19-21-8-4-6-10-27(21)32/h3-16,18H,2,17,19H2,1H3,(H,33,35,37)/b26-18-. The fourth-order valence-electron chi connectivity index (χ4n) is 4.27. The van der Waals surface area contributed by atoms with Crippen molar-refractivity contribution in [2.24, 2.45) is 0 Å². The lowest BCUT2D eigenvalue weighted by molar-refractivity contribution is -0.122. The minimum Gasteiger partial charge on any atom is -0.494 e. The second-order valence-corrected chi connectivity index (χ2v) is 9.29. The lowest BCUT2D eigenvalue weighted by Gasteiger charge is -2.26. The van der Waals surface area contributed by atoms with Crippen molar-refractivity contribution in [2.75, 3.05) is 11.5 Å². The Balaban J connectivity index is 1.53. The zero-order valence-electron chi connectivity index (χ0n) is 21.1. The zero-order chi connectivity index (χ0) is 27.4. The molecule has 4 amide bonds. The topological polar surface area (TPSA) is 84.9 Å². The number of benzene rings is 4. The molecule has 196 valence electrons. The molecule has 1 N–H and O–H groups in total. The normalized spacial score (nSPS) is 14.6. The van der Waals surface area contributed by atoms with Gasteiger partial charge in [-0.25, -0.2) is 9.69 Å². The molecule has 1 heterocycles. The second-order valence-electron chi connectivity index (χ2n) is 8.88. The first-order valence-corrected chi connectivity index (χ1v) is 12.9. The first-order chi connectivity index (χ1) is 19.0. The average molecular weight is 541 g/mol. The van der Waals surface area contributed by atoms with Crippen LogP contribution in [0.25, 0.3) is 16.8 Å². The second kappa shape index (κ2) is 11.4. The maximum atomic E-state index is 13.6. The van der Waals surface area contributed by atoms with Gasteiger partial charge in [0.25, 0.3) is 11.8 Å². The van der Waals surface area contributed by atoms with Crippen molar-refractivity contribution in [3.05, 3.63) is 107 Å². The number of halogens is 1. The van der Waals surface area contributed by atoms with Crippen LogP contribution < -0.4 is 19.7 Å². The summed E-state index contributed by atoms with van der Waals surface area (Å²) in [5, 5.41) is 4.53. The molecule has 0 saturated carbocycles. The number of fused-ring (bicyclic) bond motifs is 1. The van der Waals surface area contributed by atoms with Crippen LogP contribution in [-0.2, 0) is 16.2 Å². The number of amides is 4. The van der Waals surface area contributed by atoms with Gasteiger partial charge in [-0.3, -0.25) is 14.9 Å². The Morgan fingerprint density at radius 3 is 2.38 bits per heavy atom. The van der Waals surface area contributed by atoms with E-state index in [4.69, 9.17) is 21.1 Å². The van der Waals surface area contributed by atoms with Gasteiger partial charge in [0, 0.05) is 16.1 Å². The third-order valence-corrected chi connectivity index (χ3v) is 6.60. The van der Waals surface area contributed by atoms with E-state index in [1.807, 2.05) is 55.5 Å². The van der Waals surface area contributed by atoms with E-state index in [1.54, 1.807) is 36.4 Å². The number of nitrogens with one attached hydrogen (secondary N) is 1. The summed E-state index contributed by atoms with van der Waals surface area (Å²) in [6.07, 6.45) is 2.32. The van der Waals surface area contributed by atoms with Gasteiger partial charge in [-0.05, 0) is 59.7 Å². The van der Waals surface area contributed by atoms with Gasteiger partial charge in [-0.15, -0.1) is 0 Å². The molecule has 0 atom stereocenters. The molecule has 4 aromatic carbocycles. The van der Waals surface area contributed by atoms with Gasteiger partial charge in [0.15, 0.2) is 0 Å². The molecule has 5 rings (SSSR count). The van der Waals surface area contributed by atoms with Gasteiger partial charge in [0.05, 0.1) is 12.3 Å². The van der Waals surface area contributed by atoms with Gasteiger partial charge >= 0.3 is 6.03 Å². The molecule has 1 saturated heterocycles. The van der Waals surface area contributed by atoms with Crippen LogP contribution in [0.4, 0.5) is 10.5 Å². The summed E-state index contributed by atoms with van der Waals surface area (Å²) in [5.74, 6) is -0.443.